The number of carbonyl (C=O) groups excluding carboxylic acids is 1. The van der Waals surface area contributed by atoms with E-state index in [9.17, 15) is 4.79 Å². The van der Waals surface area contributed by atoms with Crippen molar-refractivity contribution in [3.63, 3.8) is 0 Å². The zero-order valence-electron chi connectivity index (χ0n) is 16.4. The second kappa shape index (κ2) is 9.25. The lowest BCUT2D eigenvalue weighted by Gasteiger charge is -2.37. The van der Waals surface area contributed by atoms with E-state index in [-0.39, 0.29) is 11.9 Å². The van der Waals surface area contributed by atoms with Crippen molar-refractivity contribution in [3.8, 4) is 0 Å². The van der Waals surface area contributed by atoms with Crippen LogP contribution in [0.2, 0.25) is 0 Å². The molecule has 0 spiro atoms. The molecule has 4 heteroatoms. The first kappa shape index (κ1) is 19.7. The van der Waals surface area contributed by atoms with E-state index in [4.69, 9.17) is 11.6 Å². The minimum atomic E-state index is -0.614. The van der Waals surface area contributed by atoms with Crippen LogP contribution in [0.3, 0.4) is 0 Å². The fraction of sp³-hybridized carbons (Fsp3) is 0.240. The van der Waals surface area contributed by atoms with Crippen molar-refractivity contribution in [3.05, 3.63) is 108 Å². The maximum Gasteiger partial charge on any atom is 0.245 e. The van der Waals surface area contributed by atoms with Crippen molar-refractivity contribution in [1.82, 2.24) is 4.90 Å². The maximum absolute atomic E-state index is 12.9. The molecule has 1 heterocycles. The van der Waals surface area contributed by atoms with Gasteiger partial charge in [0.15, 0.2) is 0 Å². The van der Waals surface area contributed by atoms with Gasteiger partial charge in [-0.25, -0.2) is 0 Å². The van der Waals surface area contributed by atoms with Crippen molar-refractivity contribution < 1.29 is 9.69 Å². The standard InChI is InChI=1S/C25H25ClN2O/c26-23(20-10-4-1-5-11-20)25(29)28-18-16-27(17-19-28)24(21-12-6-2-7-13-21)22-14-8-3-9-15-22/h1-15,23-24H,16-19H2/p+1. The number of rotatable bonds is 5. The Kier molecular flexibility index (Phi) is 6.28. The fourth-order valence-corrected chi connectivity index (χ4v) is 4.47. The van der Waals surface area contributed by atoms with Gasteiger partial charge in [0, 0.05) is 11.1 Å². The first-order valence-electron chi connectivity index (χ1n) is 10.2. The summed E-state index contributed by atoms with van der Waals surface area (Å²) in [4.78, 5) is 16.3. The third-order valence-corrected chi connectivity index (χ3v) is 6.14. The highest BCUT2D eigenvalue weighted by atomic mass is 35.5. The van der Waals surface area contributed by atoms with Gasteiger partial charge in [0.25, 0.3) is 0 Å². The van der Waals surface area contributed by atoms with E-state index < -0.39 is 5.38 Å². The summed E-state index contributed by atoms with van der Waals surface area (Å²) in [5.41, 5.74) is 3.49. The molecule has 1 N–H and O–H groups in total. The number of hydrogen-bond acceptors (Lipinski definition) is 1. The number of nitrogens with zero attached hydrogens (tertiary/aromatic N) is 1. The van der Waals surface area contributed by atoms with E-state index >= 15 is 0 Å². The zero-order valence-corrected chi connectivity index (χ0v) is 17.1. The molecule has 0 saturated carbocycles. The summed E-state index contributed by atoms with van der Waals surface area (Å²) in [7, 11) is 0. The molecule has 1 amide bonds. The highest BCUT2D eigenvalue weighted by molar-refractivity contribution is 6.30. The average molecular weight is 406 g/mol. The first-order chi connectivity index (χ1) is 14.2. The van der Waals surface area contributed by atoms with Crippen LogP contribution in [-0.2, 0) is 4.79 Å². The molecule has 1 unspecified atom stereocenters. The Morgan fingerprint density at radius 3 is 1.59 bits per heavy atom. The molecule has 1 aliphatic heterocycles. The largest absolute Gasteiger partial charge is 0.330 e. The van der Waals surface area contributed by atoms with Crippen LogP contribution in [-0.4, -0.2) is 37.0 Å². The fourth-order valence-electron chi connectivity index (χ4n) is 4.18. The van der Waals surface area contributed by atoms with Gasteiger partial charge in [0.1, 0.15) is 11.4 Å². The number of nitrogens with one attached hydrogen (secondary N) is 1. The molecule has 1 saturated heterocycles. The summed E-state index contributed by atoms with van der Waals surface area (Å²) in [5, 5.41) is -0.614. The van der Waals surface area contributed by atoms with Gasteiger partial charge in [0.05, 0.1) is 26.2 Å². The second-order valence-corrected chi connectivity index (χ2v) is 7.95. The number of carbonyl (C=O) groups is 1. The number of halogens is 1. The molecule has 0 radical (unpaired) electrons. The maximum atomic E-state index is 12.9. The van der Waals surface area contributed by atoms with E-state index in [0.29, 0.717) is 0 Å². The van der Waals surface area contributed by atoms with E-state index in [0.717, 1.165) is 31.7 Å². The quantitative estimate of drug-likeness (QED) is 0.646. The van der Waals surface area contributed by atoms with Crippen LogP contribution >= 0.6 is 11.6 Å². The van der Waals surface area contributed by atoms with Gasteiger partial charge < -0.3 is 9.80 Å². The van der Waals surface area contributed by atoms with Crippen molar-refractivity contribution in [1.29, 1.82) is 0 Å². The number of quaternary nitrogens is 1. The second-order valence-electron chi connectivity index (χ2n) is 7.51. The highest BCUT2D eigenvalue weighted by Crippen LogP contribution is 2.23. The summed E-state index contributed by atoms with van der Waals surface area (Å²) in [6.07, 6.45) is 0. The molecule has 0 aromatic heterocycles. The van der Waals surface area contributed by atoms with Crippen molar-refractivity contribution >= 4 is 17.5 Å². The topological polar surface area (TPSA) is 24.8 Å². The minimum Gasteiger partial charge on any atom is -0.330 e. The lowest BCUT2D eigenvalue weighted by molar-refractivity contribution is -0.929. The Bertz CT molecular complexity index is 870. The molecule has 0 aliphatic carbocycles. The van der Waals surface area contributed by atoms with E-state index in [1.807, 2.05) is 35.2 Å². The number of alkyl halides is 1. The molecule has 1 fully saturated rings. The predicted octanol–water partition coefficient (Wildman–Crippen LogP) is 3.48. The summed E-state index contributed by atoms with van der Waals surface area (Å²) < 4.78 is 0. The molecule has 3 aromatic rings. The number of amides is 1. The molecule has 148 valence electrons. The van der Waals surface area contributed by atoms with Crippen LogP contribution in [0.5, 0.6) is 0 Å². The van der Waals surface area contributed by atoms with Crippen LogP contribution in [0.15, 0.2) is 91.0 Å². The molecule has 0 bridgehead atoms. The van der Waals surface area contributed by atoms with Gasteiger partial charge in [-0.05, 0) is 5.56 Å². The van der Waals surface area contributed by atoms with Crippen molar-refractivity contribution in [2.24, 2.45) is 0 Å². The normalized spacial score (nSPS) is 16.0. The number of piperazine rings is 1. The Hall–Kier alpha value is -2.62. The van der Waals surface area contributed by atoms with Crippen LogP contribution in [0, 0.1) is 0 Å². The summed E-state index contributed by atoms with van der Waals surface area (Å²) >= 11 is 6.48. The van der Waals surface area contributed by atoms with Crippen LogP contribution in [0.25, 0.3) is 0 Å². The van der Waals surface area contributed by atoms with Gasteiger partial charge >= 0.3 is 0 Å². The lowest BCUT2D eigenvalue weighted by atomic mass is 9.96. The van der Waals surface area contributed by atoms with Gasteiger partial charge in [-0.3, -0.25) is 4.79 Å². The van der Waals surface area contributed by atoms with Gasteiger partial charge in [-0.2, -0.15) is 0 Å². The molecule has 4 rings (SSSR count). The monoisotopic (exact) mass is 405 g/mol. The molecule has 1 aliphatic rings. The molecule has 29 heavy (non-hydrogen) atoms. The Morgan fingerprint density at radius 2 is 1.14 bits per heavy atom. The molecule has 1 atom stereocenters. The zero-order chi connectivity index (χ0) is 20.1. The van der Waals surface area contributed by atoms with Gasteiger partial charge in [-0.15, -0.1) is 11.6 Å². The Morgan fingerprint density at radius 1 is 0.724 bits per heavy atom. The van der Waals surface area contributed by atoms with Crippen molar-refractivity contribution in [2.75, 3.05) is 26.2 Å². The predicted molar refractivity (Wildman–Crippen MR) is 117 cm³/mol. The number of benzene rings is 3. The summed E-state index contributed by atoms with van der Waals surface area (Å²) in [6, 6.07) is 31.2. The first-order valence-corrected chi connectivity index (χ1v) is 10.6. The Labute approximate surface area is 177 Å². The smallest absolute Gasteiger partial charge is 0.245 e. The SMILES string of the molecule is O=C(C(Cl)c1ccccc1)N1CC[NH+](C(c2ccccc2)c2ccccc2)CC1. The van der Waals surface area contributed by atoms with Gasteiger partial charge in [0.2, 0.25) is 5.91 Å². The van der Waals surface area contributed by atoms with Crippen LogP contribution in [0.1, 0.15) is 28.1 Å². The van der Waals surface area contributed by atoms with E-state index in [1.54, 1.807) is 0 Å². The van der Waals surface area contributed by atoms with Crippen LogP contribution in [0.4, 0.5) is 0 Å². The highest BCUT2D eigenvalue weighted by Gasteiger charge is 2.33. The minimum absolute atomic E-state index is 0.00730. The van der Waals surface area contributed by atoms with E-state index in [1.165, 1.54) is 16.0 Å². The Balaban J connectivity index is 1.48. The van der Waals surface area contributed by atoms with Gasteiger partial charge in [-0.1, -0.05) is 91.0 Å². The lowest BCUT2D eigenvalue weighted by Crippen LogP contribution is -3.15. The molecular formula is C25H26ClN2O+. The summed E-state index contributed by atoms with van der Waals surface area (Å²) in [5.74, 6) is 0.00730. The average Bonchev–Trinajstić information content (AvgIpc) is 2.81. The van der Waals surface area contributed by atoms with Crippen molar-refractivity contribution in [2.45, 2.75) is 11.4 Å². The molecule has 3 nitrogen and oxygen atoms in total. The van der Waals surface area contributed by atoms with Crippen LogP contribution < -0.4 is 4.90 Å². The third kappa shape index (κ3) is 4.52. The molecule has 3 aromatic carbocycles. The third-order valence-electron chi connectivity index (χ3n) is 5.70. The number of hydrogen-bond donors (Lipinski definition) is 1. The van der Waals surface area contributed by atoms with E-state index in [2.05, 4.69) is 60.7 Å². The summed E-state index contributed by atoms with van der Waals surface area (Å²) in [6.45, 7) is 3.25. The molecular weight excluding hydrogens is 380 g/mol.